The minimum atomic E-state index is -0.815. The molecule has 0 saturated heterocycles. The molecule has 1 aromatic heterocycles. The van der Waals surface area contributed by atoms with Crippen LogP contribution >= 0.6 is 11.8 Å². The first-order chi connectivity index (χ1) is 8.99. The molecule has 1 atom stereocenters. The summed E-state index contributed by atoms with van der Waals surface area (Å²) in [6, 6.07) is 0. The number of carboxylic acid groups (broad SMARTS) is 1. The lowest BCUT2D eigenvalue weighted by Crippen LogP contribution is -2.49. The summed E-state index contributed by atoms with van der Waals surface area (Å²) in [5.41, 5.74) is -0.815. The molecule has 0 radical (unpaired) electrons. The normalized spacial score (nSPS) is 14.3. The summed E-state index contributed by atoms with van der Waals surface area (Å²) >= 11 is 1.65. The van der Waals surface area contributed by atoms with E-state index in [9.17, 15) is 9.90 Å². The average molecular weight is 286 g/mol. The highest BCUT2D eigenvalue weighted by Gasteiger charge is 2.30. The van der Waals surface area contributed by atoms with Gasteiger partial charge in [-0.2, -0.15) is 5.10 Å². The van der Waals surface area contributed by atoms with E-state index in [4.69, 9.17) is 0 Å². The van der Waals surface area contributed by atoms with Crippen LogP contribution in [0.5, 0.6) is 0 Å². The first kappa shape index (κ1) is 16.0. The zero-order valence-electron chi connectivity index (χ0n) is 11.7. The molecule has 0 spiro atoms. The van der Waals surface area contributed by atoms with Gasteiger partial charge in [-0.05, 0) is 26.3 Å². The Kier molecular flexibility index (Phi) is 6.30. The van der Waals surface area contributed by atoms with Crippen molar-refractivity contribution in [2.75, 3.05) is 12.3 Å². The fourth-order valence-corrected chi connectivity index (χ4v) is 2.71. The number of likely N-dealkylation sites (N-methyl/N-ethyl adjacent to an activating group) is 1. The quantitative estimate of drug-likeness (QED) is 0.529. The smallest absolute Gasteiger partial charge is 0.323 e. The van der Waals surface area contributed by atoms with E-state index in [1.807, 2.05) is 14.0 Å². The van der Waals surface area contributed by atoms with Crippen molar-refractivity contribution < 1.29 is 9.90 Å². The molecular formula is C12H22N4O2S. The van der Waals surface area contributed by atoms with Crippen molar-refractivity contribution in [3.8, 4) is 0 Å². The third-order valence-electron chi connectivity index (χ3n) is 3.01. The highest BCUT2D eigenvalue weighted by molar-refractivity contribution is 7.99. The summed E-state index contributed by atoms with van der Waals surface area (Å²) in [7, 11) is 1.86. The summed E-state index contributed by atoms with van der Waals surface area (Å²) in [5.74, 6) is 0.143. The molecule has 0 fully saturated rings. The second-order valence-electron chi connectivity index (χ2n) is 4.64. The number of aromatic nitrogens is 3. The van der Waals surface area contributed by atoms with E-state index in [2.05, 4.69) is 15.4 Å². The molecule has 0 aliphatic heterocycles. The number of carbonyl (C=O) groups is 1. The molecule has 1 unspecified atom stereocenters. The Morgan fingerprint density at radius 3 is 2.84 bits per heavy atom. The molecule has 2 N–H and O–H groups in total. The third kappa shape index (κ3) is 4.83. The maximum Gasteiger partial charge on any atom is 0.323 e. The van der Waals surface area contributed by atoms with Gasteiger partial charge in [0.2, 0.25) is 0 Å². The number of nitrogens with one attached hydrogen (secondary N) is 1. The van der Waals surface area contributed by atoms with Gasteiger partial charge in [0, 0.05) is 12.8 Å². The highest BCUT2D eigenvalue weighted by Crippen LogP contribution is 2.19. The van der Waals surface area contributed by atoms with Crippen LogP contribution in [-0.2, 0) is 11.8 Å². The molecule has 0 aliphatic carbocycles. The number of carboxylic acids is 1. The van der Waals surface area contributed by atoms with Crippen LogP contribution in [0.3, 0.4) is 0 Å². The van der Waals surface area contributed by atoms with Crippen molar-refractivity contribution in [3.05, 3.63) is 6.33 Å². The Morgan fingerprint density at radius 2 is 2.32 bits per heavy atom. The van der Waals surface area contributed by atoms with E-state index in [1.165, 1.54) is 6.33 Å². The van der Waals surface area contributed by atoms with Crippen LogP contribution < -0.4 is 5.32 Å². The van der Waals surface area contributed by atoms with E-state index in [0.29, 0.717) is 13.0 Å². The lowest BCUT2D eigenvalue weighted by atomic mass is 9.95. The van der Waals surface area contributed by atoms with Crippen LogP contribution in [-0.4, -0.2) is 43.7 Å². The van der Waals surface area contributed by atoms with E-state index < -0.39 is 11.5 Å². The Balaban J connectivity index is 2.26. The number of hydrogen-bond donors (Lipinski definition) is 2. The summed E-state index contributed by atoms with van der Waals surface area (Å²) < 4.78 is 1.74. The van der Waals surface area contributed by atoms with Crippen LogP contribution in [0.2, 0.25) is 0 Å². The van der Waals surface area contributed by atoms with Gasteiger partial charge in [0.05, 0.1) is 0 Å². The maximum atomic E-state index is 11.2. The van der Waals surface area contributed by atoms with Gasteiger partial charge in [-0.3, -0.25) is 4.79 Å². The molecule has 108 valence electrons. The van der Waals surface area contributed by atoms with Gasteiger partial charge in [0.1, 0.15) is 11.9 Å². The van der Waals surface area contributed by atoms with Gasteiger partial charge >= 0.3 is 5.97 Å². The second kappa shape index (κ2) is 7.49. The first-order valence-corrected chi connectivity index (χ1v) is 7.43. The number of aryl methyl sites for hydroxylation is 1. The van der Waals surface area contributed by atoms with Crippen molar-refractivity contribution >= 4 is 17.7 Å². The Bertz CT molecular complexity index is 410. The van der Waals surface area contributed by atoms with Crippen LogP contribution in [0.1, 0.15) is 33.1 Å². The Labute approximate surface area is 118 Å². The number of rotatable bonds is 9. The molecular weight excluding hydrogens is 264 g/mol. The van der Waals surface area contributed by atoms with Crippen LogP contribution in [0.4, 0.5) is 0 Å². The monoisotopic (exact) mass is 286 g/mol. The predicted molar refractivity (Wildman–Crippen MR) is 75.3 cm³/mol. The standard InChI is InChI=1S/C12H22N4O2S/c1-4-14-12(2,10(17)18)7-5-6-8-19-11-13-9-15-16(11)3/h9,14H,4-8H2,1-3H3,(H,17,18). The molecule has 1 heterocycles. The van der Waals surface area contributed by atoms with Crippen molar-refractivity contribution in [2.45, 2.75) is 43.8 Å². The first-order valence-electron chi connectivity index (χ1n) is 6.45. The third-order valence-corrected chi connectivity index (χ3v) is 4.13. The number of hydrogen-bond acceptors (Lipinski definition) is 5. The highest BCUT2D eigenvalue weighted by atomic mass is 32.2. The Hall–Kier alpha value is -1.08. The van der Waals surface area contributed by atoms with Crippen molar-refractivity contribution in [1.29, 1.82) is 0 Å². The lowest BCUT2D eigenvalue weighted by Gasteiger charge is -2.25. The van der Waals surface area contributed by atoms with Gasteiger partial charge in [0.15, 0.2) is 5.16 Å². The van der Waals surface area contributed by atoms with E-state index in [1.54, 1.807) is 23.4 Å². The minimum absolute atomic E-state index is 0.634. The van der Waals surface area contributed by atoms with E-state index in [0.717, 1.165) is 23.8 Å². The minimum Gasteiger partial charge on any atom is -0.480 e. The van der Waals surface area contributed by atoms with Crippen LogP contribution in [0, 0.1) is 0 Å². The van der Waals surface area contributed by atoms with Crippen molar-refractivity contribution in [3.63, 3.8) is 0 Å². The number of thioether (sulfide) groups is 1. The summed E-state index contributed by atoms with van der Waals surface area (Å²) in [5, 5.41) is 17.2. The molecule has 0 amide bonds. The number of aliphatic carboxylic acids is 1. The molecule has 6 nitrogen and oxygen atoms in total. The molecule has 0 saturated carbocycles. The van der Waals surface area contributed by atoms with Crippen LogP contribution in [0.15, 0.2) is 11.5 Å². The number of unbranched alkanes of at least 4 members (excludes halogenated alkanes) is 1. The number of nitrogens with zero attached hydrogens (tertiary/aromatic N) is 3. The molecule has 1 aromatic rings. The summed E-state index contributed by atoms with van der Waals surface area (Å²) in [6.45, 7) is 4.33. The topological polar surface area (TPSA) is 80.0 Å². The second-order valence-corrected chi connectivity index (χ2v) is 5.70. The maximum absolute atomic E-state index is 11.2. The van der Waals surface area contributed by atoms with Gasteiger partial charge in [-0.15, -0.1) is 0 Å². The average Bonchev–Trinajstić information content (AvgIpc) is 2.75. The fourth-order valence-electron chi connectivity index (χ4n) is 1.82. The molecule has 0 aromatic carbocycles. The van der Waals surface area contributed by atoms with E-state index in [-0.39, 0.29) is 0 Å². The summed E-state index contributed by atoms with van der Waals surface area (Å²) in [6.07, 6.45) is 4.01. The molecule has 0 bridgehead atoms. The zero-order chi connectivity index (χ0) is 14.3. The molecule has 7 heteroatoms. The zero-order valence-corrected chi connectivity index (χ0v) is 12.5. The largest absolute Gasteiger partial charge is 0.480 e. The lowest BCUT2D eigenvalue weighted by molar-refractivity contribution is -0.144. The van der Waals surface area contributed by atoms with Gasteiger partial charge < -0.3 is 10.4 Å². The van der Waals surface area contributed by atoms with E-state index >= 15 is 0 Å². The van der Waals surface area contributed by atoms with Crippen molar-refractivity contribution in [2.24, 2.45) is 7.05 Å². The fraction of sp³-hybridized carbons (Fsp3) is 0.750. The van der Waals surface area contributed by atoms with Crippen LogP contribution in [0.25, 0.3) is 0 Å². The summed E-state index contributed by atoms with van der Waals surface area (Å²) in [4.78, 5) is 15.3. The Morgan fingerprint density at radius 1 is 1.58 bits per heavy atom. The molecule has 1 rings (SSSR count). The van der Waals surface area contributed by atoms with Gasteiger partial charge in [-0.25, -0.2) is 9.67 Å². The van der Waals surface area contributed by atoms with Gasteiger partial charge in [0.25, 0.3) is 0 Å². The van der Waals surface area contributed by atoms with Crippen molar-refractivity contribution in [1.82, 2.24) is 20.1 Å². The molecule has 19 heavy (non-hydrogen) atoms. The SMILES string of the molecule is CCNC(C)(CCCCSc1ncnn1C)C(=O)O. The predicted octanol–water partition coefficient (Wildman–Crippen LogP) is 1.53. The molecule has 0 aliphatic rings. The van der Waals surface area contributed by atoms with Gasteiger partial charge in [-0.1, -0.05) is 25.1 Å².